The Morgan fingerprint density at radius 3 is 2.80 bits per heavy atom. The summed E-state index contributed by atoms with van der Waals surface area (Å²) >= 11 is 0. The fourth-order valence-corrected chi connectivity index (χ4v) is 2.75. The van der Waals surface area contributed by atoms with E-state index in [9.17, 15) is 0 Å². The van der Waals surface area contributed by atoms with Crippen LogP contribution in [0.25, 0.3) is 11.0 Å². The summed E-state index contributed by atoms with van der Waals surface area (Å²) < 4.78 is 11.6. The van der Waals surface area contributed by atoms with Crippen LogP contribution in [0.1, 0.15) is 24.2 Å². The zero-order valence-electron chi connectivity index (χ0n) is 11.0. The van der Waals surface area contributed by atoms with Gasteiger partial charge >= 0.3 is 6.01 Å². The Bertz CT molecular complexity index is 750. The van der Waals surface area contributed by atoms with Crippen LogP contribution in [-0.2, 0) is 12.8 Å². The number of rotatable bonds is 2. The van der Waals surface area contributed by atoms with Crippen molar-refractivity contribution < 1.29 is 9.15 Å². The van der Waals surface area contributed by atoms with Gasteiger partial charge in [0.2, 0.25) is 0 Å². The first-order chi connectivity index (χ1) is 9.90. The van der Waals surface area contributed by atoms with Crippen molar-refractivity contribution >= 4 is 11.0 Å². The zero-order chi connectivity index (χ0) is 13.4. The number of nitrogens with zero attached hydrogens (tertiary/aromatic N) is 2. The Morgan fingerprint density at radius 2 is 1.90 bits per heavy atom. The van der Waals surface area contributed by atoms with Crippen LogP contribution < -0.4 is 4.74 Å². The van der Waals surface area contributed by atoms with Crippen LogP contribution in [0.3, 0.4) is 0 Å². The summed E-state index contributed by atoms with van der Waals surface area (Å²) in [5.74, 6) is 1.89. The van der Waals surface area contributed by atoms with Gasteiger partial charge in [0.15, 0.2) is 0 Å². The number of furan rings is 1. The molecule has 0 bridgehead atoms. The fourth-order valence-electron chi connectivity index (χ4n) is 2.75. The molecule has 0 radical (unpaired) electrons. The molecule has 3 aromatic rings. The Labute approximate surface area is 116 Å². The van der Waals surface area contributed by atoms with Crippen molar-refractivity contribution in [2.24, 2.45) is 0 Å². The molecule has 2 heterocycles. The third kappa shape index (κ3) is 1.93. The van der Waals surface area contributed by atoms with Gasteiger partial charge in [0.05, 0.1) is 0 Å². The molecule has 0 saturated heterocycles. The van der Waals surface area contributed by atoms with E-state index in [-0.39, 0.29) is 0 Å². The van der Waals surface area contributed by atoms with E-state index in [4.69, 9.17) is 9.15 Å². The molecule has 0 amide bonds. The van der Waals surface area contributed by atoms with Crippen LogP contribution in [0, 0.1) is 0 Å². The van der Waals surface area contributed by atoms with Crippen molar-refractivity contribution in [2.75, 3.05) is 0 Å². The predicted octanol–water partition coefficient (Wildman–Crippen LogP) is 3.89. The first-order valence-electron chi connectivity index (χ1n) is 6.89. The van der Waals surface area contributed by atoms with E-state index in [1.807, 2.05) is 18.2 Å². The molecule has 1 aliphatic rings. The van der Waals surface area contributed by atoms with Gasteiger partial charge in [-0.2, -0.15) is 0 Å². The Balaban J connectivity index is 1.74. The summed E-state index contributed by atoms with van der Waals surface area (Å²) in [4.78, 5) is 8.14. The minimum atomic E-state index is 0.365. The largest absolute Gasteiger partial charge is 0.461 e. The lowest BCUT2D eigenvalue weighted by molar-refractivity contribution is 0.442. The summed E-state index contributed by atoms with van der Waals surface area (Å²) in [7, 11) is 0. The highest BCUT2D eigenvalue weighted by Gasteiger charge is 2.18. The maximum atomic E-state index is 5.91. The number of hydrogen-bond acceptors (Lipinski definition) is 4. The van der Waals surface area contributed by atoms with Gasteiger partial charge in [-0.3, -0.25) is 0 Å². The predicted molar refractivity (Wildman–Crippen MR) is 75.0 cm³/mol. The highest BCUT2D eigenvalue weighted by Crippen LogP contribution is 2.34. The van der Waals surface area contributed by atoms with Crippen LogP contribution in [0.15, 0.2) is 41.1 Å². The molecule has 1 aromatic carbocycles. The lowest BCUT2D eigenvalue weighted by atomic mass is 9.96. The van der Waals surface area contributed by atoms with Crippen molar-refractivity contribution in [2.45, 2.75) is 25.7 Å². The Kier molecular flexibility index (Phi) is 2.66. The SMILES string of the molecule is c1cnc(Oc2ccc3oc4c(c3c2)CCCC4)nc1. The third-order valence-electron chi connectivity index (χ3n) is 3.68. The van der Waals surface area contributed by atoms with Crippen LogP contribution in [0.4, 0.5) is 0 Å². The van der Waals surface area contributed by atoms with Gasteiger partial charge in [0, 0.05) is 29.8 Å². The molecule has 0 spiro atoms. The van der Waals surface area contributed by atoms with Crippen LogP contribution in [0.5, 0.6) is 11.8 Å². The maximum absolute atomic E-state index is 5.91. The summed E-state index contributed by atoms with van der Waals surface area (Å²) in [5, 5.41) is 1.16. The molecular formula is C16H14N2O2. The average molecular weight is 266 g/mol. The molecule has 0 unspecified atom stereocenters. The summed E-state index contributed by atoms with van der Waals surface area (Å²) in [6.45, 7) is 0. The zero-order valence-corrected chi connectivity index (χ0v) is 11.0. The minimum Gasteiger partial charge on any atom is -0.461 e. The fraction of sp³-hybridized carbons (Fsp3) is 0.250. The highest BCUT2D eigenvalue weighted by atomic mass is 16.5. The molecule has 20 heavy (non-hydrogen) atoms. The average Bonchev–Trinajstić information content (AvgIpc) is 2.86. The molecule has 0 aliphatic heterocycles. The summed E-state index contributed by atoms with van der Waals surface area (Å²) in [6.07, 6.45) is 7.92. The molecule has 0 saturated carbocycles. The molecule has 0 fully saturated rings. The van der Waals surface area contributed by atoms with Gasteiger partial charge in [0.25, 0.3) is 0 Å². The van der Waals surface area contributed by atoms with E-state index in [0.717, 1.165) is 35.3 Å². The smallest absolute Gasteiger partial charge is 0.321 e. The quantitative estimate of drug-likeness (QED) is 0.706. The van der Waals surface area contributed by atoms with Gasteiger partial charge in [-0.05, 0) is 43.5 Å². The van der Waals surface area contributed by atoms with Crippen molar-refractivity contribution in [3.63, 3.8) is 0 Å². The first kappa shape index (κ1) is 11.5. The lowest BCUT2D eigenvalue weighted by Gasteiger charge is -2.08. The van der Waals surface area contributed by atoms with Crippen LogP contribution >= 0.6 is 0 Å². The molecule has 0 N–H and O–H groups in total. The number of aromatic nitrogens is 2. The second kappa shape index (κ2) is 4.63. The summed E-state index contributed by atoms with van der Waals surface area (Å²) in [6, 6.07) is 8.02. The minimum absolute atomic E-state index is 0.365. The van der Waals surface area contributed by atoms with Crippen molar-refractivity contribution in [3.05, 3.63) is 48.0 Å². The van der Waals surface area contributed by atoms with Gasteiger partial charge in [-0.25, -0.2) is 9.97 Å². The van der Waals surface area contributed by atoms with Gasteiger partial charge in [0.1, 0.15) is 17.1 Å². The first-order valence-corrected chi connectivity index (χ1v) is 6.89. The van der Waals surface area contributed by atoms with E-state index < -0.39 is 0 Å². The molecule has 100 valence electrons. The second-order valence-electron chi connectivity index (χ2n) is 5.00. The van der Waals surface area contributed by atoms with E-state index in [1.165, 1.54) is 18.4 Å². The van der Waals surface area contributed by atoms with Gasteiger partial charge in [-0.15, -0.1) is 0 Å². The molecule has 1 aliphatic carbocycles. The van der Waals surface area contributed by atoms with E-state index >= 15 is 0 Å². The van der Waals surface area contributed by atoms with E-state index in [2.05, 4.69) is 9.97 Å². The maximum Gasteiger partial charge on any atom is 0.321 e. The lowest BCUT2D eigenvalue weighted by Crippen LogP contribution is -1.98. The molecule has 0 atom stereocenters. The van der Waals surface area contributed by atoms with E-state index in [1.54, 1.807) is 18.5 Å². The second-order valence-corrected chi connectivity index (χ2v) is 5.00. The van der Waals surface area contributed by atoms with Crippen molar-refractivity contribution in [3.8, 4) is 11.8 Å². The number of ether oxygens (including phenoxy) is 1. The summed E-state index contributed by atoms with van der Waals surface area (Å²) in [5.41, 5.74) is 2.28. The number of fused-ring (bicyclic) bond motifs is 3. The number of aryl methyl sites for hydroxylation is 2. The van der Waals surface area contributed by atoms with Crippen LogP contribution in [0.2, 0.25) is 0 Å². The van der Waals surface area contributed by atoms with E-state index in [0.29, 0.717) is 6.01 Å². The highest BCUT2D eigenvalue weighted by molar-refractivity contribution is 5.84. The molecule has 4 heteroatoms. The monoisotopic (exact) mass is 266 g/mol. The number of hydrogen-bond donors (Lipinski definition) is 0. The van der Waals surface area contributed by atoms with Gasteiger partial charge in [-0.1, -0.05) is 0 Å². The standard InChI is InChI=1S/C16H14N2O2/c1-2-5-14-12(4-1)13-10-11(6-7-15(13)20-14)19-16-17-8-3-9-18-16/h3,6-10H,1-2,4-5H2. The Morgan fingerprint density at radius 1 is 1.05 bits per heavy atom. The Hall–Kier alpha value is -2.36. The topological polar surface area (TPSA) is 48.2 Å². The molecule has 2 aromatic heterocycles. The molecular weight excluding hydrogens is 252 g/mol. The van der Waals surface area contributed by atoms with Gasteiger partial charge < -0.3 is 9.15 Å². The normalized spacial score (nSPS) is 14.2. The molecule has 4 nitrogen and oxygen atoms in total. The van der Waals surface area contributed by atoms with Crippen LogP contribution in [-0.4, -0.2) is 9.97 Å². The van der Waals surface area contributed by atoms with Crippen molar-refractivity contribution in [1.29, 1.82) is 0 Å². The van der Waals surface area contributed by atoms with Crippen molar-refractivity contribution in [1.82, 2.24) is 9.97 Å². The molecule has 4 rings (SSSR count). The number of benzene rings is 1. The third-order valence-corrected chi connectivity index (χ3v) is 3.68.